The highest BCUT2D eigenvalue weighted by atomic mass is 32.1. The molecule has 3 amide bonds. The molecule has 2 aliphatic heterocycles. The lowest BCUT2D eigenvalue weighted by Crippen LogP contribution is -2.44. The molecule has 0 aliphatic carbocycles. The third kappa shape index (κ3) is 6.64. The standard InChI is InChI=1S/C31H34FN7O3S/c1-20-15-27(38(17-20)18-21-8-11-34-28(32)16-21)29(40)36-31-35-25(19-43-31)26-3-2-12-39(26)22-4-6-23(7-5-22)42-24-9-13-37(14-10-24)30(33)41/h4-8,11,15-17,19,24,26H,2-3,9-10,12-14,18H2,1H3,(H2,33,41)(H,35,36,40)/t26-/m1/s1. The topological polar surface area (TPSA) is 119 Å². The molecule has 3 N–H and O–H groups in total. The van der Waals surface area contributed by atoms with Crippen molar-refractivity contribution in [3.63, 3.8) is 0 Å². The smallest absolute Gasteiger partial charge is 0.314 e. The van der Waals surface area contributed by atoms with Gasteiger partial charge in [-0.2, -0.15) is 4.39 Å². The number of nitrogens with two attached hydrogens (primary N) is 1. The van der Waals surface area contributed by atoms with E-state index in [0.29, 0.717) is 30.5 Å². The summed E-state index contributed by atoms with van der Waals surface area (Å²) in [6.45, 7) is 4.42. The van der Waals surface area contributed by atoms with E-state index in [-0.39, 0.29) is 24.1 Å². The molecule has 0 bridgehead atoms. The fourth-order valence-electron chi connectivity index (χ4n) is 5.86. The molecule has 2 fully saturated rings. The molecule has 43 heavy (non-hydrogen) atoms. The van der Waals surface area contributed by atoms with Crippen LogP contribution in [0.5, 0.6) is 5.75 Å². The number of hydrogen-bond donors (Lipinski definition) is 2. The van der Waals surface area contributed by atoms with Gasteiger partial charge in [0.25, 0.3) is 5.91 Å². The first-order chi connectivity index (χ1) is 20.8. The van der Waals surface area contributed by atoms with E-state index in [2.05, 4.69) is 27.3 Å². The van der Waals surface area contributed by atoms with Gasteiger partial charge in [-0.1, -0.05) is 0 Å². The highest BCUT2D eigenvalue weighted by Gasteiger charge is 2.29. The summed E-state index contributed by atoms with van der Waals surface area (Å²) in [6.07, 6.45) is 6.90. The minimum atomic E-state index is -0.549. The van der Waals surface area contributed by atoms with Gasteiger partial charge >= 0.3 is 6.03 Å². The molecule has 5 heterocycles. The van der Waals surface area contributed by atoms with E-state index in [9.17, 15) is 14.0 Å². The minimum Gasteiger partial charge on any atom is -0.490 e. The molecule has 0 radical (unpaired) electrons. The number of carbonyl (C=O) groups excluding carboxylic acids is 2. The van der Waals surface area contributed by atoms with Crippen molar-refractivity contribution >= 4 is 34.1 Å². The zero-order chi connectivity index (χ0) is 29.9. The van der Waals surface area contributed by atoms with Gasteiger partial charge in [0.15, 0.2) is 5.13 Å². The molecule has 224 valence electrons. The number of ether oxygens (including phenoxy) is 1. The minimum absolute atomic E-state index is 0.0648. The molecule has 4 aromatic rings. The van der Waals surface area contributed by atoms with Crippen molar-refractivity contribution in [2.75, 3.05) is 29.9 Å². The molecular weight excluding hydrogens is 569 g/mol. The second kappa shape index (κ2) is 12.4. The molecule has 2 saturated heterocycles. The summed E-state index contributed by atoms with van der Waals surface area (Å²) < 4.78 is 21.6. The van der Waals surface area contributed by atoms with Gasteiger partial charge < -0.3 is 24.8 Å². The maximum absolute atomic E-state index is 13.6. The molecule has 0 unspecified atom stereocenters. The van der Waals surface area contributed by atoms with E-state index >= 15 is 0 Å². The average molecular weight is 604 g/mol. The number of benzene rings is 1. The summed E-state index contributed by atoms with van der Waals surface area (Å²) in [5.74, 6) is -0.000638. The van der Waals surface area contributed by atoms with Gasteiger partial charge in [-0.15, -0.1) is 11.3 Å². The Morgan fingerprint density at radius 3 is 2.65 bits per heavy atom. The van der Waals surface area contributed by atoms with Gasteiger partial charge in [0.05, 0.1) is 11.7 Å². The summed E-state index contributed by atoms with van der Waals surface area (Å²) in [6, 6.07) is 12.8. The van der Waals surface area contributed by atoms with Gasteiger partial charge in [0.2, 0.25) is 5.95 Å². The zero-order valence-corrected chi connectivity index (χ0v) is 24.7. The number of pyridine rings is 1. The maximum atomic E-state index is 13.6. The molecule has 0 spiro atoms. The van der Waals surface area contributed by atoms with E-state index in [1.165, 1.54) is 23.6 Å². The van der Waals surface area contributed by atoms with Gasteiger partial charge in [-0.05, 0) is 73.4 Å². The number of anilines is 2. The van der Waals surface area contributed by atoms with Crippen molar-refractivity contribution in [2.45, 2.75) is 51.3 Å². The number of likely N-dealkylation sites (tertiary alicyclic amines) is 1. The average Bonchev–Trinajstić information content (AvgIpc) is 3.74. The van der Waals surface area contributed by atoms with Crippen LogP contribution in [0.15, 0.2) is 60.2 Å². The van der Waals surface area contributed by atoms with Crippen molar-refractivity contribution in [3.8, 4) is 5.75 Å². The molecule has 3 aromatic heterocycles. The van der Waals surface area contributed by atoms with E-state index in [1.54, 1.807) is 11.0 Å². The van der Waals surface area contributed by atoms with E-state index in [4.69, 9.17) is 15.5 Å². The number of rotatable bonds is 8. The number of hydrogen-bond acceptors (Lipinski definition) is 7. The summed E-state index contributed by atoms with van der Waals surface area (Å²) in [5, 5.41) is 5.51. The number of carbonyl (C=O) groups is 2. The van der Waals surface area contributed by atoms with Crippen molar-refractivity contribution in [2.24, 2.45) is 5.73 Å². The number of aromatic nitrogens is 3. The van der Waals surface area contributed by atoms with Gasteiger partial charge in [-0.25, -0.2) is 14.8 Å². The Morgan fingerprint density at radius 1 is 1.12 bits per heavy atom. The third-order valence-corrected chi connectivity index (χ3v) is 8.75. The Hall–Kier alpha value is -4.45. The van der Waals surface area contributed by atoms with Crippen molar-refractivity contribution in [3.05, 3.63) is 88.7 Å². The van der Waals surface area contributed by atoms with E-state index in [1.807, 2.05) is 41.3 Å². The third-order valence-electron chi connectivity index (χ3n) is 7.97. The van der Waals surface area contributed by atoms with Crippen LogP contribution in [0.2, 0.25) is 0 Å². The van der Waals surface area contributed by atoms with Crippen molar-refractivity contribution in [1.29, 1.82) is 0 Å². The first-order valence-corrected chi connectivity index (χ1v) is 15.3. The van der Waals surface area contributed by atoms with Crippen LogP contribution in [-0.4, -0.2) is 57.1 Å². The second-order valence-corrected chi connectivity index (χ2v) is 11.9. The molecule has 1 atom stereocenters. The Bertz CT molecular complexity index is 1600. The van der Waals surface area contributed by atoms with Crippen LogP contribution in [0.25, 0.3) is 0 Å². The van der Waals surface area contributed by atoms with Gasteiger partial charge in [0, 0.05) is 62.5 Å². The van der Waals surface area contributed by atoms with Crippen LogP contribution in [0, 0.1) is 12.9 Å². The Kier molecular flexibility index (Phi) is 8.28. The predicted octanol–water partition coefficient (Wildman–Crippen LogP) is 5.35. The van der Waals surface area contributed by atoms with Crippen LogP contribution in [0.3, 0.4) is 0 Å². The van der Waals surface area contributed by atoms with E-state index in [0.717, 1.165) is 60.5 Å². The quantitative estimate of drug-likeness (QED) is 0.262. The fourth-order valence-corrected chi connectivity index (χ4v) is 6.61. The largest absolute Gasteiger partial charge is 0.490 e. The fraction of sp³-hybridized carbons (Fsp3) is 0.355. The highest BCUT2D eigenvalue weighted by Crippen LogP contribution is 2.38. The summed E-state index contributed by atoms with van der Waals surface area (Å²) in [4.78, 5) is 37.0. The van der Waals surface area contributed by atoms with Gasteiger partial charge in [-0.3, -0.25) is 10.1 Å². The predicted molar refractivity (Wildman–Crippen MR) is 163 cm³/mol. The first-order valence-electron chi connectivity index (χ1n) is 14.4. The van der Waals surface area contributed by atoms with E-state index < -0.39 is 5.95 Å². The molecule has 1 aromatic carbocycles. The zero-order valence-electron chi connectivity index (χ0n) is 23.9. The Balaban J connectivity index is 1.08. The highest BCUT2D eigenvalue weighted by molar-refractivity contribution is 7.14. The monoisotopic (exact) mass is 603 g/mol. The maximum Gasteiger partial charge on any atom is 0.314 e. The lowest BCUT2D eigenvalue weighted by Gasteiger charge is -2.31. The first kappa shape index (κ1) is 28.7. The molecular formula is C31H34FN7O3S. The molecule has 2 aliphatic rings. The second-order valence-electron chi connectivity index (χ2n) is 11.0. The molecule has 12 heteroatoms. The number of amides is 3. The number of nitrogens with one attached hydrogen (secondary N) is 1. The Labute approximate surface area is 253 Å². The number of nitrogens with zero attached hydrogens (tertiary/aromatic N) is 5. The van der Waals surface area contributed by atoms with Crippen molar-refractivity contribution < 1.29 is 18.7 Å². The summed E-state index contributed by atoms with van der Waals surface area (Å²) in [7, 11) is 0. The van der Waals surface area contributed by atoms with Crippen LogP contribution in [0.1, 0.15) is 59.0 Å². The summed E-state index contributed by atoms with van der Waals surface area (Å²) in [5.41, 5.74) is 9.55. The molecule has 10 nitrogen and oxygen atoms in total. The normalized spacial score (nSPS) is 17.3. The number of primary amides is 1. The Morgan fingerprint density at radius 2 is 1.91 bits per heavy atom. The van der Waals surface area contributed by atoms with Crippen LogP contribution in [-0.2, 0) is 6.54 Å². The lowest BCUT2D eigenvalue weighted by atomic mass is 10.1. The van der Waals surface area contributed by atoms with Crippen molar-refractivity contribution in [1.82, 2.24) is 19.4 Å². The SMILES string of the molecule is Cc1cc(C(=O)Nc2nc([C@H]3CCCN3c3ccc(OC4CCN(C(N)=O)CC4)cc3)cs2)n(Cc2ccnc(F)c2)c1. The molecule has 0 saturated carbocycles. The van der Waals surface area contributed by atoms with Crippen LogP contribution >= 0.6 is 11.3 Å². The number of halogens is 1. The lowest BCUT2D eigenvalue weighted by molar-refractivity contribution is 0.101. The summed E-state index contributed by atoms with van der Waals surface area (Å²) >= 11 is 1.41. The number of aryl methyl sites for hydroxylation is 1. The van der Waals surface area contributed by atoms with Crippen LogP contribution in [0.4, 0.5) is 20.0 Å². The number of piperidine rings is 1. The van der Waals surface area contributed by atoms with Crippen LogP contribution < -0.4 is 20.7 Å². The number of urea groups is 1. The molecule has 6 rings (SSSR count). The van der Waals surface area contributed by atoms with Gasteiger partial charge in [0.1, 0.15) is 17.5 Å². The number of thiazole rings is 1.